The first-order chi connectivity index (χ1) is 49.2. The summed E-state index contributed by atoms with van der Waals surface area (Å²) in [7, 11) is 0. The minimum absolute atomic E-state index is 0.785. The van der Waals surface area contributed by atoms with Gasteiger partial charge >= 0.3 is 0 Å². The molecule has 40 atom stereocenters. The van der Waals surface area contributed by atoms with Gasteiger partial charge in [-0.2, -0.15) is 0 Å². The lowest BCUT2D eigenvalue weighted by Crippen LogP contribution is -2.72. The third-order valence-corrected chi connectivity index (χ3v) is 18.6. The molecule has 0 bridgehead atoms. The van der Waals surface area contributed by atoms with Crippen LogP contribution in [0.2, 0.25) is 0 Å². The molecule has 8 aliphatic rings. The van der Waals surface area contributed by atoms with Crippen molar-refractivity contribution in [2.24, 2.45) is 0 Å². The summed E-state index contributed by atoms with van der Waals surface area (Å²) in [6, 6.07) is -9.22. The molecule has 1 unspecified atom stereocenters. The minimum Gasteiger partial charge on any atom is -0.394 e. The average Bonchev–Trinajstić information content (AvgIpc) is 0.758. The molecule has 0 spiro atoms. The van der Waals surface area contributed by atoms with Crippen molar-refractivity contribution >= 4 is 29.5 Å². The number of carbonyl (C=O) groups excluding carboxylic acids is 5. The molecule has 0 aromatic heterocycles. The molecule has 8 fully saturated rings. The van der Waals surface area contributed by atoms with E-state index in [1.165, 1.54) is 0 Å². The second-order valence-electron chi connectivity index (χ2n) is 26.1. The van der Waals surface area contributed by atoms with E-state index in [1.54, 1.807) is 0 Å². The third kappa shape index (κ3) is 19.2. The van der Waals surface area contributed by atoms with Gasteiger partial charge in [0.2, 0.25) is 29.5 Å². The third-order valence-electron chi connectivity index (χ3n) is 18.6. The van der Waals surface area contributed by atoms with Gasteiger partial charge in [0.25, 0.3) is 0 Å². The molecule has 0 aromatic carbocycles. The van der Waals surface area contributed by atoms with E-state index >= 15 is 0 Å². The van der Waals surface area contributed by atoms with E-state index in [0.29, 0.717) is 0 Å². The Morgan fingerprint density at radius 2 is 0.529 bits per heavy atom. The molecule has 8 rings (SSSR count). The lowest BCUT2D eigenvalue weighted by atomic mass is 9.93. The number of aliphatic hydroxyl groups excluding tert-OH is 21. The maximum atomic E-state index is 13.2. The summed E-state index contributed by atoms with van der Waals surface area (Å²) in [5.74, 6) is -4.47. The van der Waals surface area contributed by atoms with E-state index in [1.807, 2.05) is 0 Å². The Labute approximate surface area is 589 Å². The maximum Gasteiger partial charge on any atom is 0.217 e. The van der Waals surface area contributed by atoms with Gasteiger partial charge in [0.15, 0.2) is 50.3 Å². The van der Waals surface area contributed by atoms with E-state index in [0.717, 1.165) is 34.6 Å². The summed E-state index contributed by atoms with van der Waals surface area (Å²) in [5, 5.41) is 246. The summed E-state index contributed by atoms with van der Waals surface area (Å²) >= 11 is 0. The highest BCUT2D eigenvalue weighted by Gasteiger charge is 2.61. The topological polar surface area (TPSA) is 709 Å². The fraction of sp³-hybridized carbons (Fsp3) is 0.914. The predicted molar refractivity (Wildman–Crippen MR) is 322 cm³/mol. The minimum atomic E-state index is -2.67. The van der Waals surface area contributed by atoms with Crippen molar-refractivity contribution in [1.29, 1.82) is 0 Å². The molecule has 104 heavy (non-hydrogen) atoms. The molecule has 8 saturated heterocycles. The first-order valence-corrected chi connectivity index (χ1v) is 33.1. The highest BCUT2D eigenvalue weighted by molar-refractivity contribution is 5.75. The van der Waals surface area contributed by atoms with Gasteiger partial charge in [-0.1, -0.05) is 0 Å². The van der Waals surface area contributed by atoms with Crippen LogP contribution in [0.1, 0.15) is 34.6 Å². The molecule has 46 nitrogen and oxygen atoms in total. The standard InChI is InChI=1S/C58H97N5O41/c1-14(71)59-27-39(83)45(23(10-68)91-51(27)89)99-55-31(63-18(5)75)40(84)46(24(11-69)96-55)101-57-44(88)49(48(102-53-29(61-16(3)73)37(81)33(77)20(7-65)93-53)26(98-57)13-90-56-42(86)41(85)35(79)22(9-67)95-56)103-58-50(104-54-30(62-17(4)74)38(82)34(78)21(8-66)94-54)43(87)47(25(12-70)97-58)100-52-28(60-15(2)72)36(80)32(76)19(6-64)92-52/h19-58,64-70,76-89H,6-13H2,1-5H3,(H,59,71)(H,60,72)(H,61,73)(H,62,74)(H,63,75)/t19-,20-,21-,22-,23-,24-,25-,26-,27-,28-,29-,30-,31-,32-,33-,34-,35-,36-,37-,38-,39-,40-,41+,42+,43+,44+,45-,46-,47-,48-,49-,50+,51?,52+,53+,54+,55+,56+,57+,58-/m1/s1. The van der Waals surface area contributed by atoms with E-state index in [2.05, 4.69) is 26.6 Å². The Balaban J connectivity index is 1.28. The largest absolute Gasteiger partial charge is 0.394 e. The van der Waals surface area contributed by atoms with E-state index in [4.69, 9.17) is 71.1 Å². The fourth-order valence-corrected chi connectivity index (χ4v) is 13.4. The Morgan fingerprint density at radius 3 is 0.923 bits per heavy atom. The zero-order valence-electron chi connectivity index (χ0n) is 56.3. The number of hydrogen-bond donors (Lipinski definition) is 26. The Hall–Kier alpha value is -4.09. The molecule has 8 heterocycles. The average molecular weight is 1520 g/mol. The number of carbonyl (C=O) groups is 5. The molecular formula is C58H97N5O41. The monoisotopic (exact) mass is 1520 g/mol. The Bertz CT molecular complexity index is 2770. The van der Waals surface area contributed by atoms with Crippen LogP contribution in [0.3, 0.4) is 0 Å². The quantitative estimate of drug-likeness (QED) is 0.0363. The molecule has 0 saturated carbocycles. The summed E-state index contributed by atoms with van der Waals surface area (Å²) in [6.07, 6.45) is -73.9. The van der Waals surface area contributed by atoms with E-state index in [-0.39, 0.29) is 0 Å². The van der Waals surface area contributed by atoms with Crippen molar-refractivity contribution in [2.45, 2.75) is 280 Å². The van der Waals surface area contributed by atoms with Gasteiger partial charge in [0, 0.05) is 34.6 Å². The summed E-state index contributed by atoms with van der Waals surface area (Å²) in [6.45, 7) is -4.06. The van der Waals surface area contributed by atoms with Crippen LogP contribution in [-0.4, -0.2) is 435 Å². The molecule has 0 aliphatic carbocycles. The number of rotatable bonds is 27. The number of amides is 5. The smallest absolute Gasteiger partial charge is 0.217 e. The van der Waals surface area contributed by atoms with Gasteiger partial charge in [0.1, 0.15) is 195 Å². The molecular weight excluding hydrogens is 1420 g/mol. The molecule has 26 N–H and O–H groups in total. The van der Waals surface area contributed by atoms with Gasteiger partial charge in [-0.25, -0.2) is 0 Å². The van der Waals surface area contributed by atoms with Crippen LogP contribution in [0.4, 0.5) is 0 Å². The SMILES string of the molecule is CC(=O)N[C@H]1[C@H](O[C@H]2[C@H](O)[C@@H](NC(C)=O)C(O)O[C@@H]2CO)O[C@H](CO)[C@@H](O[C@@H]2O[C@H](CO[C@H]3O[C@H](CO)[C@@H](O)[C@H](O)[C@@H]3O)[C@@H](O[C@@H]3O[C@H](CO)[C@@H](O)[C@H](O)[C@H]3NC(C)=O)[C@H](O[C@H]3O[C@H](CO)[C@@H](O[C@@H]4O[C@H](CO)[C@@H](O)[C@H](O)[C@H]4NC(C)=O)[C@H](O)[C@@H]3O[C@@H]3O[C@H](CO)[C@@H](O)[C@H](O)[C@H]3NC(C)=O)[C@@H]2O)[C@@H]1O. The molecule has 8 aliphatic heterocycles. The number of nitrogens with one attached hydrogen (secondary N) is 5. The lowest BCUT2D eigenvalue weighted by molar-refractivity contribution is -0.411. The fourth-order valence-electron chi connectivity index (χ4n) is 13.4. The molecule has 600 valence electrons. The van der Waals surface area contributed by atoms with Crippen LogP contribution in [0.25, 0.3) is 0 Å². The van der Waals surface area contributed by atoms with Gasteiger partial charge in [-0.15, -0.1) is 0 Å². The second kappa shape index (κ2) is 37.5. The zero-order valence-corrected chi connectivity index (χ0v) is 56.3. The van der Waals surface area contributed by atoms with Crippen molar-refractivity contribution in [3.05, 3.63) is 0 Å². The molecule has 0 aromatic rings. The summed E-state index contributed by atoms with van der Waals surface area (Å²) in [5.41, 5.74) is 0. The van der Waals surface area contributed by atoms with Crippen LogP contribution in [0.5, 0.6) is 0 Å². The van der Waals surface area contributed by atoms with Crippen molar-refractivity contribution in [1.82, 2.24) is 26.6 Å². The summed E-state index contributed by atoms with van der Waals surface area (Å²) in [4.78, 5) is 63.5. The van der Waals surface area contributed by atoms with Crippen LogP contribution in [-0.2, 0) is 95.0 Å². The number of hydrogen-bond acceptors (Lipinski definition) is 41. The maximum absolute atomic E-state index is 13.2. The van der Waals surface area contributed by atoms with Crippen LogP contribution in [0.15, 0.2) is 0 Å². The van der Waals surface area contributed by atoms with Crippen LogP contribution < -0.4 is 26.6 Å². The van der Waals surface area contributed by atoms with Crippen molar-refractivity contribution in [3.63, 3.8) is 0 Å². The van der Waals surface area contributed by atoms with Crippen LogP contribution >= 0.6 is 0 Å². The van der Waals surface area contributed by atoms with Crippen molar-refractivity contribution < 1.29 is 202 Å². The normalized spacial score (nSPS) is 47.2. The molecule has 5 amide bonds. The Morgan fingerprint density at radius 1 is 0.250 bits per heavy atom. The highest BCUT2D eigenvalue weighted by atomic mass is 16.8. The van der Waals surface area contributed by atoms with Crippen LogP contribution in [0, 0.1) is 0 Å². The van der Waals surface area contributed by atoms with Crippen molar-refractivity contribution in [3.8, 4) is 0 Å². The lowest BCUT2D eigenvalue weighted by Gasteiger charge is -2.53. The first kappa shape index (κ1) is 85.5. The second-order valence-corrected chi connectivity index (χ2v) is 26.1. The van der Waals surface area contributed by atoms with E-state index in [9.17, 15) is 131 Å². The van der Waals surface area contributed by atoms with Gasteiger partial charge in [0.05, 0.1) is 52.9 Å². The first-order valence-electron chi connectivity index (χ1n) is 33.1. The summed E-state index contributed by atoms with van der Waals surface area (Å²) < 4.78 is 91.3. The van der Waals surface area contributed by atoms with Gasteiger partial charge in [-0.3, -0.25) is 24.0 Å². The highest BCUT2D eigenvalue weighted by Crippen LogP contribution is 2.40. The number of ether oxygens (including phenoxy) is 15. The van der Waals surface area contributed by atoms with Crippen molar-refractivity contribution in [2.75, 3.05) is 52.9 Å². The molecule has 46 heteroatoms. The zero-order chi connectivity index (χ0) is 76.8. The molecule has 0 radical (unpaired) electrons. The van der Waals surface area contributed by atoms with Gasteiger partial charge < -0.3 is 205 Å². The predicted octanol–water partition coefficient (Wildman–Crippen LogP) is -17.7. The van der Waals surface area contributed by atoms with Gasteiger partial charge in [-0.05, 0) is 0 Å². The van der Waals surface area contributed by atoms with E-state index < -0.39 is 328 Å². The number of aliphatic hydroxyl groups is 21. The Kier molecular flexibility index (Phi) is 30.9.